The average Bonchev–Trinajstić information content (AvgIpc) is 3.50. The number of nitriles is 1. The van der Waals surface area contributed by atoms with Crippen LogP contribution < -0.4 is 4.74 Å². The minimum absolute atomic E-state index is 0.221. The van der Waals surface area contributed by atoms with Crippen molar-refractivity contribution in [2.75, 3.05) is 20.2 Å². The minimum atomic E-state index is -1.10. The third kappa shape index (κ3) is 2.51. The van der Waals surface area contributed by atoms with Crippen molar-refractivity contribution in [3.8, 4) is 11.8 Å². The van der Waals surface area contributed by atoms with E-state index >= 15 is 0 Å². The first-order chi connectivity index (χ1) is 15.0. The zero-order valence-electron chi connectivity index (χ0n) is 17.0. The number of amides is 2. The molecule has 1 aromatic carbocycles. The predicted octanol–water partition coefficient (Wildman–Crippen LogP) is 2.13. The second kappa shape index (κ2) is 6.74. The molecule has 3 aromatic rings. The van der Waals surface area contributed by atoms with E-state index in [0.717, 1.165) is 5.56 Å². The van der Waals surface area contributed by atoms with E-state index in [2.05, 4.69) is 11.2 Å². The monoisotopic (exact) mass is 417 g/mol. The maximum absolute atomic E-state index is 13.6. The Morgan fingerprint density at radius 2 is 2.00 bits per heavy atom. The van der Waals surface area contributed by atoms with Gasteiger partial charge in [0, 0.05) is 18.7 Å². The Morgan fingerprint density at radius 1 is 1.23 bits per heavy atom. The molecule has 0 radical (unpaired) electrons. The van der Waals surface area contributed by atoms with Crippen molar-refractivity contribution in [3.63, 3.8) is 0 Å². The number of carbonyl (C=O) groups is 2. The number of aromatic nitrogens is 2. The van der Waals surface area contributed by atoms with Gasteiger partial charge in [-0.25, -0.2) is 0 Å². The summed E-state index contributed by atoms with van der Waals surface area (Å²) in [6, 6.07) is 12.7. The average molecular weight is 417 g/mol. The Kier molecular flexibility index (Phi) is 4.12. The lowest BCUT2D eigenvalue weighted by molar-refractivity contribution is -0.00614. The summed E-state index contributed by atoms with van der Waals surface area (Å²) in [6.45, 7) is 2.66. The van der Waals surface area contributed by atoms with Gasteiger partial charge >= 0.3 is 0 Å². The van der Waals surface area contributed by atoms with Crippen LogP contribution in [0, 0.1) is 18.3 Å². The van der Waals surface area contributed by atoms with Crippen molar-refractivity contribution >= 4 is 11.8 Å². The number of nitrogens with zero attached hydrogens (tertiary/aromatic N) is 5. The standard InChI is InChI=1S/C22H19N5O4/c1-14-18(12-31-24-14)20(28)26-9-10-27-21(29)19-8-5-16(11-23)25(19)13-22(26,27)15-3-6-17(30-2)7-4-15/h3-8,12H,9-10,13H2,1-2H3. The molecule has 9 heteroatoms. The van der Waals surface area contributed by atoms with E-state index in [4.69, 9.17) is 9.26 Å². The van der Waals surface area contributed by atoms with Gasteiger partial charge in [-0.2, -0.15) is 5.26 Å². The van der Waals surface area contributed by atoms with Gasteiger partial charge in [-0.05, 0) is 31.2 Å². The van der Waals surface area contributed by atoms with Crippen molar-refractivity contribution < 1.29 is 18.8 Å². The number of hydrogen-bond donors (Lipinski definition) is 0. The molecule has 2 amide bonds. The van der Waals surface area contributed by atoms with Gasteiger partial charge in [0.2, 0.25) is 0 Å². The number of ether oxygens (including phenoxy) is 1. The van der Waals surface area contributed by atoms with Crippen LogP contribution in [0.25, 0.3) is 0 Å². The summed E-state index contributed by atoms with van der Waals surface area (Å²) < 4.78 is 12.0. The topological polar surface area (TPSA) is 105 Å². The van der Waals surface area contributed by atoms with Gasteiger partial charge in [0.1, 0.15) is 35.0 Å². The number of methoxy groups -OCH3 is 1. The van der Waals surface area contributed by atoms with E-state index in [9.17, 15) is 14.9 Å². The van der Waals surface area contributed by atoms with Crippen molar-refractivity contribution in [2.45, 2.75) is 19.1 Å². The highest BCUT2D eigenvalue weighted by Gasteiger charge is 2.56. The molecule has 0 N–H and O–H groups in total. The molecule has 156 valence electrons. The van der Waals surface area contributed by atoms with Crippen LogP contribution in [-0.4, -0.2) is 51.5 Å². The minimum Gasteiger partial charge on any atom is -0.497 e. The largest absolute Gasteiger partial charge is 0.497 e. The van der Waals surface area contributed by atoms with E-state index in [1.54, 1.807) is 52.7 Å². The van der Waals surface area contributed by atoms with E-state index in [1.807, 2.05) is 12.1 Å². The quantitative estimate of drug-likeness (QED) is 0.647. The fourth-order valence-electron chi connectivity index (χ4n) is 4.61. The van der Waals surface area contributed by atoms with Crippen LogP contribution >= 0.6 is 0 Å². The number of hydrogen-bond acceptors (Lipinski definition) is 6. The molecular weight excluding hydrogens is 398 g/mol. The van der Waals surface area contributed by atoms with Gasteiger partial charge in [-0.15, -0.1) is 0 Å². The summed E-state index contributed by atoms with van der Waals surface area (Å²) in [6.07, 6.45) is 1.33. The Hall–Kier alpha value is -4.06. The normalized spacial score (nSPS) is 19.7. The van der Waals surface area contributed by atoms with Gasteiger partial charge in [0.05, 0.1) is 19.3 Å². The second-order valence-corrected chi connectivity index (χ2v) is 7.57. The second-order valence-electron chi connectivity index (χ2n) is 7.57. The fraction of sp³-hybridized carbons (Fsp3) is 0.273. The van der Waals surface area contributed by atoms with Crippen molar-refractivity contribution in [1.29, 1.82) is 5.26 Å². The summed E-state index contributed by atoms with van der Waals surface area (Å²) in [5, 5.41) is 13.4. The Morgan fingerprint density at radius 3 is 2.65 bits per heavy atom. The fourth-order valence-corrected chi connectivity index (χ4v) is 4.61. The highest BCUT2D eigenvalue weighted by Crippen LogP contribution is 2.44. The Balaban J connectivity index is 1.72. The zero-order chi connectivity index (χ0) is 21.8. The van der Waals surface area contributed by atoms with Crippen LogP contribution in [0.15, 0.2) is 47.2 Å². The number of fused-ring (bicyclic) bond motifs is 2. The SMILES string of the molecule is COc1ccc(C23Cn4c(C#N)ccc4C(=O)N2CCN3C(=O)c2conc2C)cc1. The lowest BCUT2D eigenvalue weighted by Crippen LogP contribution is -2.60. The summed E-state index contributed by atoms with van der Waals surface area (Å²) in [5.74, 6) is 0.166. The molecule has 5 rings (SSSR count). The van der Waals surface area contributed by atoms with Gasteiger partial charge in [-0.3, -0.25) is 9.59 Å². The predicted molar refractivity (Wildman–Crippen MR) is 107 cm³/mol. The number of rotatable bonds is 3. The van der Waals surface area contributed by atoms with Crippen LogP contribution in [0.4, 0.5) is 0 Å². The molecule has 0 spiro atoms. The molecule has 4 heterocycles. The number of benzene rings is 1. The first-order valence-electron chi connectivity index (χ1n) is 9.80. The third-order valence-corrected chi connectivity index (χ3v) is 6.16. The molecular formula is C22H19N5O4. The molecule has 1 saturated heterocycles. The van der Waals surface area contributed by atoms with E-state index in [-0.39, 0.29) is 18.4 Å². The molecule has 1 unspecified atom stereocenters. The molecule has 0 aliphatic carbocycles. The van der Waals surface area contributed by atoms with Crippen LogP contribution in [0.2, 0.25) is 0 Å². The van der Waals surface area contributed by atoms with Crippen LogP contribution in [0.1, 0.15) is 37.8 Å². The molecule has 1 atom stereocenters. The van der Waals surface area contributed by atoms with Crippen molar-refractivity contribution in [1.82, 2.24) is 19.5 Å². The smallest absolute Gasteiger partial charge is 0.272 e. The summed E-state index contributed by atoms with van der Waals surface area (Å²) in [7, 11) is 1.58. The van der Waals surface area contributed by atoms with Crippen LogP contribution in [-0.2, 0) is 12.2 Å². The molecule has 2 aliphatic heterocycles. The highest BCUT2D eigenvalue weighted by atomic mass is 16.5. The molecule has 0 saturated carbocycles. The van der Waals surface area contributed by atoms with E-state index in [1.165, 1.54) is 6.26 Å². The number of carbonyl (C=O) groups excluding carboxylic acids is 2. The molecule has 1 fully saturated rings. The van der Waals surface area contributed by atoms with Crippen molar-refractivity contribution in [3.05, 3.63) is 70.9 Å². The molecule has 0 bridgehead atoms. The van der Waals surface area contributed by atoms with Gasteiger partial charge in [0.25, 0.3) is 11.8 Å². The molecule has 2 aliphatic rings. The Labute approximate surface area is 178 Å². The summed E-state index contributed by atoms with van der Waals surface area (Å²) >= 11 is 0. The Bertz CT molecular complexity index is 1240. The summed E-state index contributed by atoms with van der Waals surface area (Å²) in [5.41, 5.74) is 1.30. The molecule has 9 nitrogen and oxygen atoms in total. The van der Waals surface area contributed by atoms with Crippen molar-refractivity contribution in [2.24, 2.45) is 0 Å². The van der Waals surface area contributed by atoms with E-state index in [0.29, 0.717) is 41.5 Å². The van der Waals surface area contributed by atoms with Gasteiger partial charge in [-0.1, -0.05) is 17.3 Å². The zero-order valence-corrected chi connectivity index (χ0v) is 17.0. The maximum Gasteiger partial charge on any atom is 0.272 e. The number of aryl methyl sites for hydroxylation is 1. The first-order valence-corrected chi connectivity index (χ1v) is 9.80. The van der Waals surface area contributed by atoms with E-state index < -0.39 is 5.66 Å². The summed E-state index contributed by atoms with van der Waals surface area (Å²) in [4.78, 5) is 30.4. The van der Waals surface area contributed by atoms with Gasteiger partial charge < -0.3 is 23.6 Å². The molecule has 31 heavy (non-hydrogen) atoms. The first kappa shape index (κ1) is 18.9. The van der Waals surface area contributed by atoms with Crippen LogP contribution in [0.3, 0.4) is 0 Å². The highest BCUT2D eigenvalue weighted by molar-refractivity contribution is 5.99. The van der Waals surface area contributed by atoms with Crippen LogP contribution in [0.5, 0.6) is 5.75 Å². The lowest BCUT2D eigenvalue weighted by atomic mass is 9.93. The lowest BCUT2D eigenvalue weighted by Gasteiger charge is -2.47. The molecule has 2 aromatic heterocycles. The maximum atomic E-state index is 13.6. The van der Waals surface area contributed by atoms with Gasteiger partial charge in [0.15, 0.2) is 5.66 Å². The third-order valence-electron chi connectivity index (χ3n) is 6.16.